The standard InChI is InChI=1S/C16H26N2O/c1-12-10-13(2)18-16(15(12)11-17-3)19-14-8-6-4-5-7-9-14/h10,14,17H,4-9,11H2,1-3H3. The van der Waals surface area contributed by atoms with Gasteiger partial charge in [-0.2, -0.15) is 0 Å². The maximum atomic E-state index is 6.23. The Bertz CT molecular complexity index is 409. The van der Waals surface area contributed by atoms with E-state index in [2.05, 4.69) is 23.3 Å². The molecule has 0 saturated heterocycles. The van der Waals surface area contributed by atoms with Gasteiger partial charge in [0.25, 0.3) is 0 Å². The van der Waals surface area contributed by atoms with Gasteiger partial charge < -0.3 is 10.1 Å². The summed E-state index contributed by atoms with van der Waals surface area (Å²) < 4.78 is 6.23. The molecular formula is C16H26N2O. The number of nitrogens with one attached hydrogen (secondary N) is 1. The lowest BCUT2D eigenvalue weighted by Gasteiger charge is -2.20. The fourth-order valence-electron chi connectivity index (χ4n) is 2.84. The Hall–Kier alpha value is -1.09. The summed E-state index contributed by atoms with van der Waals surface area (Å²) in [5.41, 5.74) is 3.52. The van der Waals surface area contributed by atoms with Gasteiger partial charge in [0.2, 0.25) is 5.88 Å². The maximum absolute atomic E-state index is 6.23. The van der Waals surface area contributed by atoms with Crippen LogP contribution in [-0.2, 0) is 6.54 Å². The number of hydrogen-bond acceptors (Lipinski definition) is 3. The summed E-state index contributed by atoms with van der Waals surface area (Å²) in [5.74, 6) is 0.846. The van der Waals surface area contributed by atoms with E-state index in [4.69, 9.17) is 4.74 Å². The molecule has 106 valence electrons. The van der Waals surface area contributed by atoms with Crippen molar-refractivity contribution in [2.75, 3.05) is 7.05 Å². The van der Waals surface area contributed by atoms with Crippen molar-refractivity contribution in [3.63, 3.8) is 0 Å². The van der Waals surface area contributed by atoms with Gasteiger partial charge in [-0.3, -0.25) is 0 Å². The van der Waals surface area contributed by atoms with Crippen LogP contribution in [0.3, 0.4) is 0 Å². The smallest absolute Gasteiger partial charge is 0.218 e. The van der Waals surface area contributed by atoms with Crippen molar-refractivity contribution in [1.29, 1.82) is 0 Å². The summed E-state index contributed by atoms with van der Waals surface area (Å²) >= 11 is 0. The van der Waals surface area contributed by atoms with Gasteiger partial charge >= 0.3 is 0 Å². The molecule has 0 spiro atoms. The van der Waals surface area contributed by atoms with Crippen molar-refractivity contribution in [3.05, 3.63) is 22.9 Å². The molecule has 1 fully saturated rings. The summed E-state index contributed by atoms with van der Waals surface area (Å²) in [6, 6.07) is 2.13. The molecular weight excluding hydrogens is 236 g/mol. The van der Waals surface area contributed by atoms with Crippen LogP contribution in [0.5, 0.6) is 5.88 Å². The molecule has 0 aromatic carbocycles. The first-order valence-electron chi connectivity index (χ1n) is 7.49. The summed E-state index contributed by atoms with van der Waals surface area (Å²) in [4.78, 5) is 4.62. The zero-order valence-corrected chi connectivity index (χ0v) is 12.5. The zero-order chi connectivity index (χ0) is 13.7. The van der Waals surface area contributed by atoms with Gasteiger partial charge in [-0.15, -0.1) is 0 Å². The number of rotatable bonds is 4. The van der Waals surface area contributed by atoms with E-state index in [-0.39, 0.29) is 0 Å². The minimum atomic E-state index is 0.354. The van der Waals surface area contributed by atoms with Crippen molar-refractivity contribution in [1.82, 2.24) is 10.3 Å². The molecule has 1 aromatic rings. The Morgan fingerprint density at radius 1 is 1.21 bits per heavy atom. The van der Waals surface area contributed by atoms with E-state index in [1.165, 1.54) is 49.7 Å². The second-order valence-corrected chi connectivity index (χ2v) is 5.63. The topological polar surface area (TPSA) is 34.2 Å². The van der Waals surface area contributed by atoms with E-state index in [1.54, 1.807) is 0 Å². The maximum Gasteiger partial charge on any atom is 0.218 e. The number of aryl methyl sites for hydroxylation is 2. The number of nitrogens with zero attached hydrogens (tertiary/aromatic N) is 1. The highest BCUT2D eigenvalue weighted by Crippen LogP contribution is 2.26. The SMILES string of the molecule is CNCc1c(C)cc(C)nc1OC1CCCCCC1. The van der Waals surface area contributed by atoms with Gasteiger partial charge in [0.15, 0.2) is 0 Å². The number of pyridine rings is 1. The molecule has 0 unspecified atom stereocenters. The molecule has 0 atom stereocenters. The third kappa shape index (κ3) is 3.93. The lowest BCUT2D eigenvalue weighted by Crippen LogP contribution is -2.19. The van der Waals surface area contributed by atoms with Crippen LogP contribution in [-0.4, -0.2) is 18.1 Å². The van der Waals surface area contributed by atoms with Crippen molar-refractivity contribution in [2.45, 2.75) is 65.0 Å². The second kappa shape index (κ2) is 6.90. The molecule has 0 aliphatic heterocycles. The largest absolute Gasteiger partial charge is 0.474 e. The Morgan fingerprint density at radius 2 is 1.89 bits per heavy atom. The average molecular weight is 262 g/mol. The Labute approximate surface area is 116 Å². The van der Waals surface area contributed by atoms with Crippen molar-refractivity contribution in [3.8, 4) is 5.88 Å². The van der Waals surface area contributed by atoms with Crippen molar-refractivity contribution in [2.24, 2.45) is 0 Å². The average Bonchev–Trinajstić information content (AvgIpc) is 2.62. The third-order valence-electron chi connectivity index (χ3n) is 3.87. The number of ether oxygens (including phenoxy) is 1. The van der Waals surface area contributed by atoms with Crippen LogP contribution in [0.25, 0.3) is 0 Å². The summed E-state index contributed by atoms with van der Waals surface area (Å²) in [6.07, 6.45) is 7.98. The molecule has 3 nitrogen and oxygen atoms in total. The van der Waals surface area contributed by atoms with E-state index in [0.717, 1.165) is 18.1 Å². The van der Waals surface area contributed by atoms with E-state index in [0.29, 0.717) is 6.10 Å². The third-order valence-corrected chi connectivity index (χ3v) is 3.87. The molecule has 0 radical (unpaired) electrons. The summed E-state index contributed by atoms with van der Waals surface area (Å²) in [6.45, 7) is 5.00. The molecule has 0 amide bonds. The highest BCUT2D eigenvalue weighted by Gasteiger charge is 2.17. The van der Waals surface area contributed by atoms with Gasteiger partial charge in [0, 0.05) is 17.8 Å². The molecule has 1 saturated carbocycles. The highest BCUT2D eigenvalue weighted by atomic mass is 16.5. The zero-order valence-electron chi connectivity index (χ0n) is 12.5. The van der Waals surface area contributed by atoms with Gasteiger partial charge in [0.1, 0.15) is 6.10 Å². The van der Waals surface area contributed by atoms with Crippen LogP contribution < -0.4 is 10.1 Å². The fourth-order valence-corrected chi connectivity index (χ4v) is 2.84. The van der Waals surface area contributed by atoms with E-state index in [1.807, 2.05) is 14.0 Å². The highest BCUT2D eigenvalue weighted by molar-refractivity contribution is 5.36. The molecule has 1 heterocycles. The first-order valence-corrected chi connectivity index (χ1v) is 7.49. The van der Waals surface area contributed by atoms with Crippen LogP contribution >= 0.6 is 0 Å². The minimum absolute atomic E-state index is 0.354. The number of hydrogen-bond donors (Lipinski definition) is 1. The lowest BCUT2D eigenvalue weighted by atomic mass is 10.1. The van der Waals surface area contributed by atoms with Gasteiger partial charge in [-0.1, -0.05) is 12.8 Å². The molecule has 1 aromatic heterocycles. The van der Waals surface area contributed by atoms with Gasteiger partial charge in [-0.25, -0.2) is 4.98 Å². The van der Waals surface area contributed by atoms with Gasteiger partial charge in [-0.05, 0) is 58.2 Å². The van der Waals surface area contributed by atoms with E-state index < -0.39 is 0 Å². The molecule has 1 N–H and O–H groups in total. The molecule has 1 aliphatic rings. The van der Waals surface area contributed by atoms with Crippen molar-refractivity contribution >= 4 is 0 Å². The molecule has 19 heavy (non-hydrogen) atoms. The van der Waals surface area contributed by atoms with E-state index >= 15 is 0 Å². The first kappa shape index (κ1) is 14.3. The Morgan fingerprint density at radius 3 is 2.53 bits per heavy atom. The molecule has 0 bridgehead atoms. The van der Waals surface area contributed by atoms with Crippen LogP contribution in [0.2, 0.25) is 0 Å². The van der Waals surface area contributed by atoms with Crippen LogP contribution in [0, 0.1) is 13.8 Å². The van der Waals surface area contributed by atoms with Crippen molar-refractivity contribution < 1.29 is 4.74 Å². The van der Waals surface area contributed by atoms with Gasteiger partial charge in [0.05, 0.1) is 0 Å². The summed E-state index contributed by atoms with van der Waals surface area (Å²) in [7, 11) is 1.97. The molecule has 2 rings (SSSR count). The minimum Gasteiger partial charge on any atom is -0.474 e. The molecule has 1 aliphatic carbocycles. The lowest BCUT2D eigenvalue weighted by molar-refractivity contribution is 0.173. The fraction of sp³-hybridized carbons (Fsp3) is 0.688. The molecule has 3 heteroatoms. The normalized spacial score (nSPS) is 17.2. The number of aromatic nitrogens is 1. The summed E-state index contributed by atoms with van der Waals surface area (Å²) in [5, 5.41) is 3.21. The monoisotopic (exact) mass is 262 g/mol. The van der Waals surface area contributed by atoms with Crippen LogP contribution in [0.1, 0.15) is 55.3 Å². The predicted molar refractivity (Wildman–Crippen MR) is 78.6 cm³/mol. The second-order valence-electron chi connectivity index (χ2n) is 5.63. The van der Waals surface area contributed by atoms with Crippen LogP contribution in [0.15, 0.2) is 6.07 Å². The Balaban J connectivity index is 2.17. The quantitative estimate of drug-likeness (QED) is 0.843. The van der Waals surface area contributed by atoms with E-state index in [9.17, 15) is 0 Å². The first-order chi connectivity index (χ1) is 9.20. The van der Waals surface area contributed by atoms with Crippen LogP contribution in [0.4, 0.5) is 0 Å². The predicted octanol–water partition coefficient (Wildman–Crippen LogP) is 3.52. The Kier molecular flexibility index (Phi) is 5.20.